The van der Waals surface area contributed by atoms with Crippen molar-refractivity contribution in [2.24, 2.45) is 29.6 Å². The maximum absolute atomic E-state index is 13.1. The fourth-order valence-electron chi connectivity index (χ4n) is 6.01. The lowest BCUT2D eigenvalue weighted by Gasteiger charge is -2.20. The predicted molar refractivity (Wildman–Crippen MR) is 131 cm³/mol. The smallest absolute Gasteiger partial charge is 0.316 e. The number of anilines is 2. The Morgan fingerprint density at radius 2 is 1.72 bits per heavy atom. The number of benzene rings is 2. The number of hydrogen-bond acceptors (Lipinski definition) is 6. The van der Waals surface area contributed by atoms with Crippen LogP contribution in [-0.2, 0) is 19.2 Å². The van der Waals surface area contributed by atoms with Gasteiger partial charge in [0.2, 0.25) is 17.7 Å². The van der Waals surface area contributed by atoms with E-state index in [0.29, 0.717) is 22.1 Å². The van der Waals surface area contributed by atoms with E-state index in [2.05, 4.69) is 0 Å². The van der Waals surface area contributed by atoms with Crippen molar-refractivity contribution in [2.45, 2.75) is 12.8 Å². The first-order chi connectivity index (χ1) is 17.4. The number of methoxy groups -OCH3 is 1. The Hall–Kier alpha value is -3.65. The van der Waals surface area contributed by atoms with Gasteiger partial charge in [-0.2, -0.15) is 0 Å². The number of halogens is 1. The van der Waals surface area contributed by atoms with Crippen LogP contribution in [0.25, 0.3) is 0 Å². The standard InChI is InChI=1S/C27H23ClN2O6/c1-35-21-8-7-17(28)11-20(21)29-13-16(10-22(29)31)27(34)36-19-4-2-3-18(12-19)30-25(32)23-14-5-6-15(9-14)24(23)26(30)33/h2-8,11-12,14-16,23-24H,9-10,13H2,1H3/t14-,15-,16+,23+,24+/m0/s1. The number of fused-ring (bicyclic) bond motifs is 5. The average molecular weight is 507 g/mol. The van der Waals surface area contributed by atoms with E-state index in [9.17, 15) is 19.2 Å². The summed E-state index contributed by atoms with van der Waals surface area (Å²) in [7, 11) is 1.50. The van der Waals surface area contributed by atoms with Gasteiger partial charge in [0, 0.05) is 24.1 Å². The topological polar surface area (TPSA) is 93.2 Å². The van der Waals surface area contributed by atoms with Gasteiger partial charge in [0.15, 0.2) is 0 Å². The zero-order valence-electron chi connectivity index (χ0n) is 19.4. The third kappa shape index (κ3) is 3.51. The molecule has 1 saturated carbocycles. The molecule has 4 aliphatic rings. The molecule has 8 nitrogen and oxygen atoms in total. The molecule has 3 fully saturated rings. The molecule has 0 radical (unpaired) electrons. The highest BCUT2D eigenvalue weighted by atomic mass is 35.5. The number of amides is 3. The van der Waals surface area contributed by atoms with Crippen molar-refractivity contribution in [1.29, 1.82) is 0 Å². The highest BCUT2D eigenvalue weighted by Gasteiger charge is 2.59. The molecule has 2 heterocycles. The van der Waals surface area contributed by atoms with Crippen molar-refractivity contribution in [3.05, 3.63) is 59.6 Å². The fourth-order valence-corrected chi connectivity index (χ4v) is 6.18. The number of carbonyl (C=O) groups excluding carboxylic acids is 4. The number of nitrogens with zero attached hydrogens (tertiary/aromatic N) is 2. The Morgan fingerprint density at radius 1 is 1.00 bits per heavy atom. The summed E-state index contributed by atoms with van der Waals surface area (Å²) in [6, 6.07) is 11.4. The summed E-state index contributed by atoms with van der Waals surface area (Å²) in [5.74, 6) is -1.60. The van der Waals surface area contributed by atoms with Gasteiger partial charge < -0.3 is 14.4 Å². The van der Waals surface area contributed by atoms with Crippen molar-refractivity contribution in [2.75, 3.05) is 23.5 Å². The van der Waals surface area contributed by atoms with E-state index in [1.54, 1.807) is 36.4 Å². The third-order valence-corrected chi connectivity index (χ3v) is 7.89. The molecule has 0 spiro atoms. The van der Waals surface area contributed by atoms with E-state index in [4.69, 9.17) is 21.1 Å². The van der Waals surface area contributed by atoms with Crippen LogP contribution >= 0.6 is 11.6 Å². The van der Waals surface area contributed by atoms with Crippen molar-refractivity contribution in [3.63, 3.8) is 0 Å². The molecule has 5 atom stereocenters. The SMILES string of the molecule is COc1ccc(Cl)cc1N1C[C@H](C(=O)Oc2cccc(N3C(=O)[C@H]4[C@H](C3=O)[C@H]3C=C[C@H]4C3)c2)CC1=O. The van der Waals surface area contributed by atoms with Gasteiger partial charge in [-0.05, 0) is 48.6 Å². The number of esters is 1. The first kappa shape index (κ1) is 22.8. The summed E-state index contributed by atoms with van der Waals surface area (Å²) in [5, 5.41) is 0.445. The molecule has 0 unspecified atom stereocenters. The van der Waals surface area contributed by atoms with E-state index in [1.165, 1.54) is 23.0 Å². The van der Waals surface area contributed by atoms with Crippen LogP contribution in [-0.4, -0.2) is 37.3 Å². The molecule has 184 valence electrons. The summed E-state index contributed by atoms with van der Waals surface area (Å²) in [5.41, 5.74) is 0.879. The van der Waals surface area contributed by atoms with Gasteiger partial charge in [-0.1, -0.05) is 29.8 Å². The number of ether oxygens (including phenoxy) is 2. The summed E-state index contributed by atoms with van der Waals surface area (Å²) >= 11 is 6.11. The molecule has 3 amide bonds. The van der Waals surface area contributed by atoms with Crippen molar-refractivity contribution in [3.8, 4) is 11.5 Å². The highest BCUT2D eigenvalue weighted by Crippen LogP contribution is 2.53. The first-order valence-electron chi connectivity index (χ1n) is 11.9. The quantitative estimate of drug-likeness (QED) is 0.266. The van der Waals surface area contributed by atoms with Crippen LogP contribution in [0.3, 0.4) is 0 Å². The second kappa shape index (κ2) is 8.48. The maximum atomic E-state index is 13.1. The van der Waals surface area contributed by atoms with Gasteiger partial charge in [-0.3, -0.25) is 19.2 Å². The first-order valence-corrected chi connectivity index (χ1v) is 12.3. The minimum atomic E-state index is -0.694. The summed E-state index contributed by atoms with van der Waals surface area (Å²) in [6.45, 7) is 0.121. The molecule has 2 aromatic carbocycles. The molecule has 0 N–H and O–H groups in total. The number of allylic oxidation sites excluding steroid dienone is 2. The molecular weight excluding hydrogens is 484 g/mol. The number of rotatable bonds is 5. The molecule has 0 aromatic heterocycles. The van der Waals surface area contributed by atoms with Gasteiger partial charge in [0.1, 0.15) is 11.5 Å². The Balaban J connectivity index is 1.18. The van der Waals surface area contributed by atoms with Crippen LogP contribution in [0.2, 0.25) is 5.02 Å². The zero-order chi connectivity index (χ0) is 25.1. The minimum absolute atomic E-state index is 0.0174. The molecule has 2 aliphatic carbocycles. The van der Waals surface area contributed by atoms with Crippen LogP contribution < -0.4 is 19.3 Å². The van der Waals surface area contributed by atoms with E-state index in [-0.39, 0.29) is 60.1 Å². The lowest BCUT2D eigenvalue weighted by atomic mass is 9.85. The highest BCUT2D eigenvalue weighted by molar-refractivity contribution is 6.31. The maximum Gasteiger partial charge on any atom is 0.316 e. The van der Waals surface area contributed by atoms with Crippen molar-refractivity contribution >= 4 is 46.7 Å². The molecule has 2 aromatic rings. The lowest BCUT2D eigenvalue weighted by molar-refractivity contribution is -0.139. The van der Waals surface area contributed by atoms with E-state index in [0.717, 1.165) is 6.42 Å². The monoisotopic (exact) mass is 506 g/mol. The molecule has 6 rings (SSSR count). The normalized spacial score (nSPS) is 28.3. The molecule has 2 bridgehead atoms. The summed E-state index contributed by atoms with van der Waals surface area (Å²) in [4.78, 5) is 54.6. The Bertz CT molecular complexity index is 1310. The minimum Gasteiger partial charge on any atom is -0.495 e. The molecule has 9 heteroatoms. The van der Waals surface area contributed by atoms with E-state index >= 15 is 0 Å². The van der Waals surface area contributed by atoms with Crippen LogP contribution in [0.15, 0.2) is 54.6 Å². The van der Waals surface area contributed by atoms with Crippen LogP contribution in [0.5, 0.6) is 11.5 Å². The molecule has 36 heavy (non-hydrogen) atoms. The van der Waals surface area contributed by atoms with Crippen LogP contribution in [0, 0.1) is 29.6 Å². The summed E-state index contributed by atoms with van der Waals surface area (Å²) in [6.07, 6.45) is 4.93. The summed E-state index contributed by atoms with van der Waals surface area (Å²) < 4.78 is 10.9. The average Bonchev–Trinajstić information content (AvgIpc) is 3.62. The number of hydrogen-bond donors (Lipinski definition) is 0. The zero-order valence-corrected chi connectivity index (χ0v) is 20.2. The predicted octanol–water partition coefficient (Wildman–Crippen LogP) is 3.62. The number of imide groups is 1. The van der Waals surface area contributed by atoms with E-state index < -0.39 is 11.9 Å². The molecule has 2 saturated heterocycles. The lowest BCUT2D eigenvalue weighted by Crippen LogP contribution is -2.32. The second-order valence-corrected chi connectivity index (χ2v) is 10.1. The van der Waals surface area contributed by atoms with Gasteiger partial charge in [0.25, 0.3) is 0 Å². The van der Waals surface area contributed by atoms with Crippen LogP contribution in [0.1, 0.15) is 12.8 Å². The number of carbonyl (C=O) groups is 4. The Kier molecular flexibility index (Phi) is 5.37. The molecule has 2 aliphatic heterocycles. The largest absolute Gasteiger partial charge is 0.495 e. The van der Waals surface area contributed by atoms with E-state index in [1.807, 2.05) is 12.2 Å². The Labute approximate surface area is 212 Å². The second-order valence-electron chi connectivity index (χ2n) is 9.65. The van der Waals surface area contributed by atoms with Gasteiger partial charge in [-0.15, -0.1) is 0 Å². The third-order valence-electron chi connectivity index (χ3n) is 7.65. The fraction of sp³-hybridized carbons (Fsp3) is 0.333. The van der Waals surface area contributed by atoms with Crippen molar-refractivity contribution in [1.82, 2.24) is 0 Å². The van der Waals surface area contributed by atoms with Crippen molar-refractivity contribution < 1.29 is 28.7 Å². The van der Waals surface area contributed by atoms with Gasteiger partial charge in [0.05, 0.1) is 36.2 Å². The van der Waals surface area contributed by atoms with Gasteiger partial charge in [-0.25, -0.2) is 4.90 Å². The van der Waals surface area contributed by atoms with Gasteiger partial charge >= 0.3 is 5.97 Å². The Morgan fingerprint density at radius 3 is 2.42 bits per heavy atom. The molecular formula is C27H23ClN2O6. The van der Waals surface area contributed by atoms with Crippen LogP contribution in [0.4, 0.5) is 11.4 Å².